The minimum absolute atomic E-state index is 0.838. The number of ether oxygens (including phenoxy) is 2. The summed E-state index contributed by atoms with van der Waals surface area (Å²) in [6.07, 6.45) is 9.25. The quantitative estimate of drug-likeness (QED) is 0.590. The fraction of sp³-hybridized carbons (Fsp3) is 1.00. The predicted molar refractivity (Wildman–Crippen MR) is 67.7 cm³/mol. The summed E-state index contributed by atoms with van der Waals surface area (Å²) in [6.45, 7) is 5.09. The molecule has 2 heteroatoms. The summed E-state index contributed by atoms with van der Waals surface area (Å²) in [5.74, 6) is 1.84. The average molecular weight is 228 g/mol. The lowest BCUT2D eigenvalue weighted by Gasteiger charge is -2.27. The fourth-order valence-electron chi connectivity index (χ4n) is 2.51. The lowest BCUT2D eigenvalue weighted by atomic mass is 9.81. The molecule has 1 saturated carbocycles. The lowest BCUT2D eigenvalue weighted by Crippen LogP contribution is -2.18. The molecule has 0 heterocycles. The zero-order valence-corrected chi connectivity index (χ0v) is 11.0. The van der Waals surface area contributed by atoms with Crippen LogP contribution < -0.4 is 0 Å². The summed E-state index contributed by atoms with van der Waals surface area (Å²) < 4.78 is 10.7. The largest absolute Gasteiger partial charge is 0.385 e. The zero-order chi connectivity index (χ0) is 11.6. The Balaban J connectivity index is 1.90. The van der Waals surface area contributed by atoms with Crippen molar-refractivity contribution < 1.29 is 9.47 Å². The van der Waals surface area contributed by atoms with Gasteiger partial charge in [-0.05, 0) is 37.5 Å². The van der Waals surface area contributed by atoms with Gasteiger partial charge < -0.3 is 9.47 Å². The van der Waals surface area contributed by atoms with Crippen molar-refractivity contribution in [3.63, 3.8) is 0 Å². The van der Waals surface area contributed by atoms with Crippen LogP contribution in [-0.2, 0) is 9.47 Å². The summed E-state index contributed by atoms with van der Waals surface area (Å²) >= 11 is 0. The van der Waals surface area contributed by atoms with Gasteiger partial charge in [-0.3, -0.25) is 0 Å². The molecule has 0 aromatic carbocycles. The van der Waals surface area contributed by atoms with Gasteiger partial charge in [-0.25, -0.2) is 0 Å². The van der Waals surface area contributed by atoms with E-state index in [4.69, 9.17) is 9.47 Å². The maximum atomic E-state index is 5.73. The minimum atomic E-state index is 0.838. The topological polar surface area (TPSA) is 18.5 Å². The normalized spacial score (nSPS) is 25.9. The predicted octanol–water partition coefficient (Wildman–Crippen LogP) is 3.65. The van der Waals surface area contributed by atoms with Crippen LogP contribution in [-0.4, -0.2) is 26.9 Å². The van der Waals surface area contributed by atoms with E-state index in [0.29, 0.717) is 0 Å². The van der Waals surface area contributed by atoms with Crippen LogP contribution in [0.3, 0.4) is 0 Å². The molecule has 0 aromatic rings. The van der Waals surface area contributed by atoms with Gasteiger partial charge in [0.2, 0.25) is 0 Å². The van der Waals surface area contributed by atoms with Crippen molar-refractivity contribution in [1.82, 2.24) is 0 Å². The molecule has 0 N–H and O–H groups in total. The molecule has 2 nitrogen and oxygen atoms in total. The van der Waals surface area contributed by atoms with Gasteiger partial charge in [0, 0.05) is 26.9 Å². The van der Waals surface area contributed by atoms with Gasteiger partial charge in [0.15, 0.2) is 0 Å². The van der Waals surface area contributed by atoms with Crippen LogP contribution in [0.15, 0.2) is 0 Å². The van der Waals surface area contributed by atoms with Crippen LogP contribution in [0, 0.1) is 11.8 Å². The molecule has 0 aromatic heterocycles. The van der Waals surface area contributed by atoms with E-state index in [1.807, 2.05) is 0 Å². The highest BCUT2D eigenvalue weighted by atomic mass is 16.5. The van der Waals surface area contributed by atoms with Crippen molar-refractivity contribution in [2.24, 2.45) is 11.8 Å². The third kappa shape index (κ3) is 5.86. The van der Waals surface area contributed by atoms with Crippen molar-refractivity contribution in [2.45, 2.75) is 51.9 Å². The van der Waals surface area contributed by atoms with Gasteiger partial charge >= 0.3 is 0 Å². The van der Waals surface area contributed by atoms with Crippen molar-refractivity contribution in [3.05, 3.63) is 0 Å². The van der Waals surface area contributed by atoms with Gasteiger partial charge in [0.25, 0.3) is 0 Å². The van der Waals surface area contributed by atoms with E-state index in [9.17, 15) is 0 Å². The summed E-state index contributed by atoms with van der Waals surface area (Å²) in [4.78, 5) is 0. The molecule has 0 amide bonds. The maximum Gasteiger partial charge on any atom is 0.0494 e. The van der Waals surface area contributed by atoms with E-state index < -0.39 is 0 Å². The number of rotatable bonds is 8. The Morgan fingerprint density at radius 1 is 0.938 bits per heavy atom. The third-order valence-electron chi connectivity index (χ3n) is 3.78. The van der Waals surface area contributed by atoms with Gasteiger partial charge in [-0.2, -0.15) is 0 Å². The second-order valence-corrected chi connectivity index (χ2v) is 5.07. The van der Waals surface area contributed by atoms with Gasteiger partial charge in [0.05, 0.1) is 0 Å². The first-order valence-corrected chi connectivity index (χ1v) is 6.93. The molecule has 1 rings (SSSR count). The van der Waals surface area contributed by atoms with Crippen molar-refractivity contribution in [1.29, 1.82) is 0 Å². The van der Waals surface area contributed by atoms with Crippen LogP contribution in [0.5, 0.6) is 0 Å². The number of unbranched alkanes of at least 4 members (excludes halogenated alkanes) is 1. The van der Waals surface area contributed by atoms with Gasteiger partial charge in [-0.15, -0.1) is 0 Å². The zero-order valence-electron chi connectivity index (χ0n) is 11.0. The summed E-state index contributed by atoms with van der Waals surface area (Å²) in [5.41, 5.74) is 0. The van der Waals surface area contributed by atoms with E-state index in [1.54, 1.807) is 7.11 Å². The van der Waals surface area contributed by atoms with E-state index in [-0.39, 0.29) is 0 Å². The molecular weight excluding hydrogens is 200 g/mol. The molecule has 1 fully saturated rings. The Bertz CT molecular complexity index is 151. The van der Waals surface area contributed by atoms with Crippen LogP contribution in [0.25, 0.3) is 0 Å². The van der Waals surface area contributed by atoms with E-state index in [0.717, 1.165) is 44.5 Å². The summed E-state index contributed by atoms with van der Waals surface area (Å²) in [5, 5.41) is 0. The van der Waals surface area contributed by atoms with Crippen molar-refractivity contribution >= 4 is 0 Å². The van der Waals surface area contributed by atoms with Crippen LogP contribution >= 0.6 is 0 Å². The smallest absolute Gasteiger partial charge is 0.0494 e. The monoisotopic (exact) mass is 228 g/mol. The van der Waals surface area contributed by atoms with E-state index in [2.05, 4.69) is 6.92 Å². The molecule has 0 saturated heterocycles. The Labute approximate surface area is 101 Å². The van der Waals surface area contributed by atoms with E-state index in [1.165, 1.54) is 32.1 Å². The number of methoxy groups -OCH3 is 1. The second-order valence-electron chi connectivity index (χ2n) is 5.07. The molecule has 0 unspecified atom stereocenters. The molecule has 0 atom stereocenters. The molecule has 0 aliphatic heterocycles. The molecule has 0 spiro atoms. The second kappa shape index (κ2) is 9.00. The van der Waals surface area contributed by atoms with Crippen LogP contribution in [0.2, 0.25) is 0 Å². The highest BCUT2D eigenvalue weighted by Gasteiger charge is 2.19. The Hall–Kier alpha value is -0.0800. The Kier molecular flexibility index (Phi) is 7.87. The minimum Gasteiger partial charge on any atom is -0.385 e. The summed E-state index contributed by atoms with van der Waals surface area (Å²) in [7, 11) is 1.76. The van der Waals surface area contributed by atoms with Gasteiger partial charge in [0.1, 0.15) is 0 Å². The molecule has 16 heavy (non-hydrogen) atoms. The number of hydrogen-bond acceptors (Lipinski definition) is 2. The van der Waals surface area contributed by atoms with Crippen molar-refractivity contribution in [2.75, 3.05) is 26.9 Å². The highest BCUT2D eigenvalue weighted by molar-refractivity contribution is 4.71. The van der Waals surface area contributed by atoms with Gasteiger partial charge in [-0.1, -0.05) is 26.2 Å². The highest BCUT2D eigenvalue weighted by Crippen LogP contribution is 2.30. The first-order valence-electron chi connectivity index (χ1n) is 6.93. The standard InChI is InChI=1S/C14H28O2/c1-3-13-6-8-14(9-7-13)12-16-11-5-4-10-15-2/h13-14H,3-12H2,1-2H3. The Morgan fingerprint density at radius 2 is 1.56 bits per heavy atom. The van der Waals surface area contributed by atoms with Crippen molar-refractivity contribution in [3.8, 4) is 0 Å². The SMILES string of the molecule is CCC1CCC(COCCCCOC)CC1. The molecule has 1 aliphatic rings. The first-order chi connectivity index (χ1) is 7.86. The van der Waals surface area contributed by atoms with Crippen LogP contribution in [0.1, 0.15) is 51.9 Å². The maximum absolute atomic E-state index is 5.73. The lowest BCUT2D eigenvalue weighted by molar-refractivity contribution is 0.0710. The molecule has 96 valence electrons. The number of hydrogen-bond donors (Lipinski definition) is 0. The van der Waals surface area contributed by atoms with E-state index >= 15 is 0 Å². The molecular formula is C14H28O2. The molecule has 0 bridgehead atoms. The average Bonchev–Trinajstić information content (AvgIpc) is 2.34. The van der Waals surface area contributed by atoms with Crippen LogP contribution in [0.4, 0.5) is 0 Å². The third-order valence-corrected chi connectivity index (χ3v) is 3.78. The fourth-order valence-corrected chi connectivity index (χ4v) is 2.51. The molecule has 0 radical (unpaired) electrons. The first kappa shape index (κ1) is 14.0. The summed E-state index contributed by atoms with van der Waals surface area (Å²) in [6, 6.07) is 0. The molecule has 1 aliphatic carbocycles. The Morgan fingerprint density at radius 3 is 2.19 bits per heavy atom.